The number of pyridine rings is 1. The van der Waals surface area contributed by atoms with Crippen LogP contribution in [-0.2, 0) is 17.9 Å². The Morgan fingerprint density at radius 1 is 1.19 bits per heavy atom. The third kappa shape index (κ3) is 4.22. The summed E-state index contributed by atoms with van der Waals surface area (Å²) in [6.07, 6.45) is 0. The number of likely N-dealkylation sites (N-methyl/N-ethyl adjacent to an activating group) is 1. The summed E-state index contributed by atoms with van der Waals surface area (Å²) in [6, 6.07) is 5.28. The highest BCUT2D eigenvalue weighted by Gasteiger charge is 2.35. The van der Waals surface area contributed by atoms with E-state index < -0.39 is 0 Å². The van der Waals surface area contributed by atoms with Crippen LogP contribution in [0.1, 0.15) is 34.2 Å². The predicted molar refractivity (Wildman–Crippen MR) is 126 cm³/mol. The van der Waals surface area contributed by atoms with Crippen molar-refractivity contribution in [2.45, 2.75) is 26.9 Å². The zero-order valence-corrected chi connectivity index (χ0v) is 19.8. The summed E-state index contributed by atoms with van der Waals surface area (Å²) in [5, 5.41) is 1.01. The lowest BCUT2D eigenvalue weighted by atomic mass is 9.93. The molecular weight excluding hydrogens is 449 g/mol. The maximum atomic E-state index is 13.2. The minimum atomic E-state index is -0.237. The normalized spacial score (nSPS) is 16.6. The molecule has 0 radical (unpaired) electrons. The van der Waals surface area contributed by atoms with Crippen molar-refractivity contribution in [3.8, 4) is 11.1 Å². The molecule has 3 heterocycles. The van der Waals surface area contributed by atoms with Gasteiger partial charge in [0.2, 0.25) is 5.91 Å². The molecule has 0 unspecified atom stereocenters. The van der Waals surface area contributed by atoms with Gasteiger partial charge in [0.15, 0.2) is 0 Å². The third-order valence-corrected chi connectivity index (χ3v) is 6.90. The molecule has 9 heteroatoms. The Morgan fingerprint density at radius 3 is 2.53 bits per heavy atom. The Morgan fingerprint density at radius 2 is 1.91 bits per heavy atom. The smallest absolute Gasteiger partial charge is 0.273 e. The van der Waals surface area contributed by atoms with E-state index in [9.17, 15) is 9.59 Å². The summed E-state index contributed by atoms with van der Waals surface area (Å²) in [5.74, 6) is -0.276. The van der Waals surface area contributed by atoms with E-state index in [1.54, 1.807) is 17.0 Å². The topological polar surface area (TPSA) is 82.8 Å². The molecule has 2 aliphatic rings. The molecule has 170 valence electrons. The van der Waals surface area contributed by atoms with Gasteiger partial charge >= 0.3 is 0 Å². The van der Waals surface area contributed by atoms with Crippen LogP contribution in [0.4, 0.5) is 0 Å². The molecule has 0 aliphatic carbocycles. The molecular formula is C23H27Cl2N5O2. The van der Waals surface area contributed by atoms with Gasteiger partial charge in [0.1, 0.15) is 12.2 Å². The minimum absolute atomic E-state index is 0.0338. The highest BCUT2D eigenvalue weighted by molar-refractivity contribution is 6.36. The molecule has 1 saturated heterocycles. The Labute approximate surface area is 198 Å². The monoisotopic (exact) mass is 475 g/mol. The molecule has 2 aliphatic heterocycles. The van der Waals surface area contributed by atoms with E-state index in [2.05, 4.69) is 16.8 Å². The van der Waals surface area contributed by atoms with Gasteiger partial charge in [-0.25, -0.2) is 4.98 Å². The van der Waals surface area contributed by atoms with Crippen molar-refractivity contribution in [3.63, 3.8) is 0 Å². The Balaban J connectivity index is 1.64. The average Bonchev–Trinajstić information content (AvgIpc) is 3.08. The van der Waals surface area contributed by atoms with Crippen molar-refractivity contribution in [1.29, 1.82) is 0 Å². The third-order valence-electron chi connectivity index (χ3n) is 6.35. The average molecular weight is 476 g/mol. The number of nitrogens with two attached hydrogens (primary N) is 1. The molecule has 2 aromatic rings. The van der Waals surface area contributed by atoms with Crippen LogP contribution in [0.15, 0.2) is 18.2 Å². The summed E-state index contributed by atoms with van der Waals surface area (Å²) in [7, 11) is 0. The van der Waals surface area contributed by atoms with Crippen molar-refractivity contribution in [1.82, 2.24) is 19.7 Å². The molecule has 1 aromatic carbocycles. The number of carbonyl (C=O) groups excluding carboxylic acids is 2. The largest absolute Gasteiger partial charge is 0.339 e. The number of aryl methyl sites for hydroxylation is 1. The van der Waals surface area contributed by atoms with E-state index in [1.165, 1.54) is 0 Å². The lowest BCUT2D eigenvalue weighted by Gasteiger charge is -2.34. The number of piperazine rings is 1. The fourth-order valence-corrected chi connectivity index (χ4v) is 5.00. The van der Waals surface area contributed by atoms with E-state index >= 15 is 0 Å². The molecule has 32 heavy (non-hydrogen) atoms. The van der Waals surface area contributed by atoms with Crippen molar-refractivity contribution < 1.29 is 9.59 Å². The quantitative estimate of drug-likeness (QED) is 0.718. The summed E-state index contributed by atoms with van der Waals surface area (Å²) in [5.41, 5.74) is 10.3. The number of rotatable bonds is 5. The number of benzene rings is 1. The Bertz CT molecular complexity index is 1070. The molecule has 1 fully saturated rings. The second-order valence-electron chi connectivity index (χ2n) is 8.18. The predicted octanol–water partition coefficient (Wildman–Crippen LogP) is 2.94. The van der Waals surface area contributed by atoms with E-state index in [0.29, 0.717) is 41.1 Å². The van der Waals surface area contributed by atoms with Crippen LogP contribution in [-0.4, -0.2) is 70.8 Å². The van der Waals surface area contributed by atoms with Crippen LogP contribution in [0.25, 0.3) is 11.1 Å². The van der Waals surface area contributed by atoms with Gasteiger partial charge in [-0.1, -0.05) is 36.2 Å². The van der Waals surface area contributed by atoms with Crippen LogP contribution in [0.5, 0.6) is 0 Å². The number of amides is 2. The van der Waals surface area contributed by atoms with Crippen molar-refractivity contribution in [3.05, 3.63) is 50.8 Å². The number of fused-ring (bicyclic) bond motifs is 1. The fourth-order valence-electron chi connectivity index (χ4n) is 4.50. The van der Waals surface area contributed by atoms with Gasteiger partial charge in [-0.2, -0.15) is 0 Å². The van der Waals surface area contributed by atoms with Gasteiger partial charge in [0.25, 0.3) is 5.91 Å². The summed E-state index contributed by atoms with van der Waals surface area (Å²) >= 11 is 12.6. The first-order chi connectivity index (χ1) is 15.3. The molecule has 7 nitrogen and oxygen atoms in total. The van der Waals surface area contributed by atoms with Crippen LogP contribution in [0.3, 0.4) is 0 Å². The van der Waals surface area contributed by atoms with Gasteiger partial charge in [-0.05, 0) is 36.7 Å². The first kappa shape index (κ1) is 23.0. The van der Waals surface area contributed by atoms with Crippen molar-refractivity contribution in [2.24, 2.45) is 5.73 Å². The van der Waals surface area contributed by atoms with E-state index in [1.807, 2.05) is 17.9 Å². The number of hydrogen-bond acceptors (Lipinski definition) is 5. The van der Waals surface area contributed by atoms with Gasteiger partial charge in [-0.3, -0.25) is 9.59 Å². The molecule has 0 spiro atoms. The second-order valence-corrected chi connectivity index (χ2v) is 9.03. The van der Waals surface area contributed by atoms with E-state index in [-0.39, 0.29) is 24.9 Å². The zero-order chi connectivity index (χ0) is 23.0. The summed E-state index contributed by atoms with van der Waals surface area (Å²) in [4.78, 5) is 36.4. The molecule has 2 amide bonds. The van der Waals surface area contributed by atoms with E-state index in [0.717, 1.165) is 41.9 Å². The molecule has 4 rings (SSSR count). The van der Waals surface area contributed by atoms with Crippen LogP contribution in [0.2, 0.25) is 10.0 Å². The van der Waals surface area contributed by atoms with Gasteiger partial charge in [0.05, 0.1) is 0 Å². The number of aromatic nitrogens is 1. The highest BCUT2D eigenvalue weighted by Crippen LogP contribution is 2.39. The van der Waals surface area contributed by atoms with Crippen LogP contribution in [0, 0.1) is 6.92 Å². The van der Waals surface area contributed by atoms with Gasteiger partial charge in [0, 0.05) is 66.1 Å². The highest BCUT2D eigenvalue weighted by atomic mass is 35.5. The molecule has 1 aromatic heterocycles. The lowest BCUT2D eigenvalue weighted by molar-refractivity contribution is -0.133. The molecule has 0 saturated carbocycles. The van der Waals surface area contributed by atoms with Crippen molar-refractivity contribution >= 4 is 35.0 Å². The molecule has 0 atom stereocenters. The summed E-state index contributed by atoms with van der Waals surface area (Å²) < 4.78 is 0. The Kier molecular flexibility index (Phi) is 6.72. The van der Waals surface area contributed by atoms with Gasteiger partial charge in [-0.15, -0.1) is 0 Å². The first-order valence-corrected chi connectivity index (χ1v) is 11.6. The first-order valence-electron chi connectivity index (χ1n) is 10.8. The standard InChI is InChI=1S/C23H27Cl2N5O2/c1-3-28-6-8-29(9-7-28)20(31)13-30-12-18-21(16-5-4-15(24)10-19(16)25)17(11-26)14(2)27-22(18)23(30)32/h4-5,10H,3,6-9,11-13,26H2,1-2H3. The van der Waals surface area contributed by atoms with Gasteiger partial charge < -0.3 is 20.4 Å². The SMILES string of the molecule is CCN1CCN(C(=O)CN2Cc3c(nc(C)c(CN)c3-c3ccc(Cl)cc3Cl)C2=O)CC1. The zero-order valence-electron chi connectivity index (χ0n) is 18.3. The Hall–Kier alpha value is -2.19. The maximum Gasteiger partial charge on any atom is 0.273 e. The number of nitrogens with zero attached hydrogens (tertiary/aromatic N) is 4. The molecule has 2 N–H and O–H groups in total. The number of hydrogen-bond donors (Lipinski definition) is 1. The number of carbonyl (C=O) groups is 2. The van der Waals surface area contributed by atoms with Crippen LogP contribution >= 0.6 is 23.2 Å². The second kappa shape index (κ2) is 9.35. The minimum Gasteiger partial charge on any atom is -0.339 e. The van der Waals surface area contributed by atoms with Crippen LogP contribution < -0.4 is 5.73 Å². The van der Waals surface area contributed by atoms with Crippen molar-refractivity contribution in [2.75, 3.05) is 39.3 Å². The molecule has 0 bridgehead atoms. The van der Waals surface area contributed by atoms with E-state index in [4.69, 9.17) is 28.9 Å². The lowest BCUT2D eigenvalue weighted by Crippen LogP contribution is -2.51. The maximum absolute atomic E-state index is 13.2. The summed E-state index contributed by atoms with van der Waals surface area (Å²) in [6.45, 7) is 8.60. The number of halogens is 2. The fraction of sp³-hybridized carbons (Fsp3) is 0.435.